The number of hydrogen-bond acceptors (Lipinski definition) is 3. The lowest BCUT2D eigenvalue weighted by molar-refractivity contribution is -0.116. The Morgan fingerprint density at radius 2 is 1.68 bits per heavy atom. The molecule has 0 aliphatic heterocycles. The van der Waals surface area contributed by atoms with E-state index in [2.05, 4.69) is 5.32 Å². The highest BCUT2D eigenvalue weighted by Gasteiger charge is 2.10. The summed E-state index contributed by atoms with van der Waals surface area (Å²) in [4.78, 5) is 23.4. The molecule has 3 aromatic carbocycles. The van der Waals surface area contributed by atoms with E-state index in [1.807, 2.05) is 54.6 Å². The topological polar surface area (TPSA) is 81.4 Å². The van der Waals surface area contributed by atoms with Crippen molar-refractivity contribution in [2.45, 2.75) is 6.42 Å². The van der Waals surface area contributed by atoms with Crippen LogP contribution in [0.5, 0.6) is 5.75 Å². The Kier molecular flexibility index (Phi) is 6.29. The second-order valence-electron chi connectivity index (χ2n) is 6.07. The third-order valence-corrected chi connectivity index (χ3v) is 4.39. The van der Waals surface area contributed by atoms with E-state index in [-0.39, 0.29) is 29.5 Å². The zero-order valence-corrected chi connectivity index (χ0v) is 15.8. The van der Waals surface area contributed by atoms with Crippen LogP contribution in [0.4, 0.5) is 5.69 Å². The molecule has 6 heteroatoms. The minimum Gasteiger partial charge on any atom is -0.492 e. The van der Waals surface area contributed by atoms with E-state index in [0.29, 0.717) is 5.69 Å². The third kappa shape index (κ3) is 4.90. The number of para-hydroxylation sites is 1. The normalized spacial score (nSPS) is 10.3. The largest absolute Gasteiger partial charge is 0.492 e. The van der Waals surface area contributed by atoms with Gasteiger partial charge in [-0.25, -0.2) is 0 Å². The average molecular weight is 395 g/mol. The molecule has 5 nitrogen and oxygen atoms in total. The number of rotatable bonds is 7. The predicted molar refractivity (Wildman–Crippen MR) is 111 cm³/mol. The quantitative estimate of drug-likeness (QED) is 0.618. The first-order chi connectivity index (χ1) is 13.5. The Morgan fingerprint density at radius 1 is 0.964 bits per heavy atom. The second-order valence-corrected chi connectivity index (χ2v) is 6.47. The maximum absolute atomic E-state index is 12.2. The number of carbonyl (C=O) groups is 2. The molecule has 0 radical (unpaired) electrons. The minimum atomic E-state index is -0.617. The maximum atomic E-state index is 12.2. The van der Waals surface area contributed by atoms with Crippen molar-refractivity contribution in [3.8, 4) is 16.9 Å². The van der Waals surface area contributed by atoms with Gasteiger partial charge in [0.1, 0.15) is 5.75 Å². The molecule has 28 heavy (non-hydrogen) atoms. The van der Waals surface area contributed by atoms with E-state index in [9.17, 15) is 9.59 Å². The molecule has 2 amide bonds. The zero-order chi connectivity index (χ0) is 19.9. The monoisotopic (exact) mass is 394 g/mol. The van der Waals surface area contributed by atoms with Gasteiger partial charge in [0, 0.05) is 11.3 Å². The van der Waals surface area contributed by atoms with Crippen molar-refractivity contribution in [1.82, 2.24) is 0 Å². The summed E-state index contributed by atoms with van der Waals surface area (Å²) in [5.74, 6) is -0.121. The van der Waals surface area contributed by atoms with Crippen LogP contribution < -0.4 is 15.8 Å². The lowest BCUT2D eigenvalue weighted by atomic mass is 10.1. The molecule has 0 saturated carbocycles. The molecule has 3 rings (SSSR count). The lowest BCUT2D eigenvalue weighted by Gasteiger charge is -2.12. The number of halogens is 1. The van der Waals surface area contributed by atoms with Crippen molar-refractivity contribution >= 4 is 29.1 Å². The van der Waals surface area contributed by atoms with Gasteiger partial charge in [-0.2, -0.15) is 0 Å². The number of amides is 2. The van der Waals surface area contributed by atoms with Crippen molar-refractivity contribution < 1.29 is 14.3 Å². The van der Waals surface area contributed by atoms with Gasteiger partial charge in [-0.05, 0) is 29.8 Å². The molecule has 3 aromatic rings. The first-order valence-electron chi connectivity index (χ1n) is 8.71. The standard InChI is InChI=1S/C22H19ClN2O3/c23-19-14-16(10-11-18(19)22(24)27)25-21(26)12-13-28-20-9-5-4-8-17(20)15-6-2-1-3-7-15/h1-11,14H,12-13H2,(H2,24,27)(H,25,26). The van der Waals surface area contributed by atoms with Crippen LogP contribution in [0.2, 0.25) is 5.02 Å². The van der Waals surface area contributed by atoms with Crippen LogP contribution in [-0.4, -0.2) is 18.4 Å². The van der Waals surface area contributed by atoms with Crippen LogP contribution in [-0.2, 0) is 4.79 Å². The SMILES string of the molecule is NC(=O)c1ccc(NC(=O)CCOc2ccccc2-c2ccccc2)cc1Cl. The molecule has 0 saturated heterocycles. The number of ether oxygens (including phenoxy) is 1. The molecule has 0 bridgehead atoms. The predicted octanol–water partition coefficient (Wildman–Crippen LogP) is 4.51. The van der Waals surface area contributed by atoms with Gasteiger partial charge in [0.2, 0.25) is 11.8 Å². The Morgan fingerprint density at radius 3 is 2.39 bits per heavy atom. The van der Waals surface area contributed by atoms with Crippen LogP contribution in [0, 0.1) is 0 Å². The van der Waals surface area contributed by atoms with Gasteiger partial charge < -0.3 is 15.8 Å². The molecule has 3 N–H and O–H groups in total. The maximum Gasteiger partial charge on any atom is 0.250 e. The van der Waals surface area contributed by atoms with Crippen molar-refractivity contribution in [3.05, 3.63) is 83.4 Å². The number of nitrogens with one attached hydrogen (secondary N) is 1. The van der Waals surface area contributed by atoms with Gasteiger partial charge in [-0.15, -0.1) is 0 Å². The molecular weight excluding hydrogens is 376 g/mol. The van der Waals surface area contributed by atoms with Gasteiger partial charge in [-0.1, -0.05) is 60.1 Å². The van der Waals surface area contributed by atoms with E-state index in [1.54, 1.807) is 6.07 Å². The number of anilines is 1. The first-order valence-corrected chi connectivity index (χ1v) is 9.09. The first kappa shape index (κ1) is 19.5. The molecule has 142 valence electrons. The molecule has 0 fully saturated rings. The van der Waals surface area contributed by atoms with E-state index < -0.39 is 5.91 Å². The summed E-state index contributed by atoms with van der Waals surface area (Å²) >= 11 is 5.99. The van der Waals surface area contributed by atoms with E-state index in [0.717, 1.165) is 16.9 Å². The number of nitrogens with two attached hydrogens (primary N) is 1. The van der Waals surface area contributed by atoms with Gasteiger partial charge >= 0.3 is 0 Å². The van der Waals surface area contributed by atoms with E-state index in [4.69, 9.17) is 22.1 Å². The summed E-state index contributed by atoms with van der Waals surface area (Å²) in [6.45, 7) is 0.225. The van der Waals surface area contributed by atoms with E-state index in [1.165, 1.54) is 12.1 Å². The van der Waals surface area contributed by atoms with Crippen molar-refractivity contribution in [2.75, 3.05) is 11.9 Å². The number of carbonyl (C=O) groups excluding carboxylic acids is 2. The Labute approximate surface area is 168 Å². The van der Waals surface area contributed by atoms with Gasteiger partial charge in [0.15, 0.2) is 0 Å². The summed E-state index contributed by atoms with van der Waals surface area (Å²) < 4.78 is 5.83. The van der Waals surface area contributed by atoms with Gasteiger partial charge in [0.25, 0.3) is 0 Å². The summed E-state index contributed by atoms with van der Waals surface area (Å²) in [6.07, 6.45) is 0.165. The number of primary amides is 1. The Bertz CT molecular complexity index is 990. The lowest BCUT2D eigenvalue weighted by Crippen LogP contribution is -2.16. The fourth-order valence-corrected chi connectivity index (χ4v) is 2.99. The number of benzene rings is 3. The smallest absolute Gasteiger partial charge is 0.250 e. The number of hydrogen-bond donors (Lipinski definition) is 2. The Balaban J connectivity index is 1.58. The summed E-state index contributed by atoms with van der Waals surface area (Å²) in [6, 6.07) is 22.2. The van der Waals surface area contributed by atoms with Crippen molar-refractivity contribution in [3.63, 3.8) is 0 Å². The summed E-state index contributed by atoms with van der Waals surface area (Å²) in [7, 11) is 0. The van der Waals surface area contributed by atoms with E-state index >= 15 is 0 Å². The molecule has 0 heterocycles. The fraction of sp³-hybridized carbons (Fsp3) is 0.0909. The molecule has 0 unspecified atom stereocenters. The van der Waals surface area contributed by atoms with Crippen molar-refractivity contribution in [2.24, 2.45) is 5.73 Å². The van der Waals surface area contributed by atoms with Crippen LogP contribution in [0.25, 0.3) is 11.1 Å². The minimum absolute atomic E-state index is 0.165. The molecule has 0 spiro atoms. The molecule has 0 aliphatic rings. The average Bonchev–Trinajstić information content (AvgIpc) is 2.69. The molecular formula is C22H19ClN2O3. The summed E-state index contributed by atoms with van der Waals surface area (Å²) in [5, 5.41) is 2.92. The highest BCUT2D eigenvalue weighted by molar-refractivity contribution is 6.34. The van der Waals surface area contributed by atoms with Crippen LogP contribution in [0.3, 0.4) is 0 Å². The fourth-order valence-electron chi connectivity index (χ4n) is 2.72. The molecule has 0 atom stereocenters. The molecule has 0 aliphatic carbocycles. The van der Waals surface area contributed by atoms with Crippen LogP contribution >= 0.6 is 11.6 Å². The summed E-state index contributed by atoms with van der Waals surface area (Å²) in [5.41, 5.74) is 7.93. The second kappa shape index (κ2) is 9.06. The van der Waals surface area contributed by atoms with Crippen LogP contribution in [0.1, 0.15) is 16.8 Å². The van der Waals surface area contributed by atoms with Gasteiger partial charge in [-0.3, -0.25) is 9.59 Å². The van der Waals surface area contributed by atoms with Crippen LogP contribution in [0.15, 0.2) is 72.8 Å². The third-order valence-electron chi connectivity index (χ3n) is 4.08. The zero-order valence-electron chi connectivity index (χ0n) is 15.0. The highest BCUT2D eigenvalue weighted by Crippen LogP contribution is 2.29. The van der Waals surface area contributed by atoms with Gasteiger partial charge in [0.05, 0.1) is 23.6 Å². The Hall–Kier alpha value is -3.31. The molecule has 0 aromatic heterocycles. The van der Waals surface area contributed by atoms with Crippen molar-refractivity contribution in [1.29, 1.82) is 0 Å². The highest BCUT2D eigenvalue weighted by atomic mass is 35.5.